The van der Waals surface area contributed by atoms with Crippen LogP contribution in [-0.2, 0) is 11.3 Å². The molecule has 1 aliphatic carbocycles. The maximum Gasteiger partial charge on any atom is 0.241 e. The lowest BCUT2D eigenvalue weighted by molar-refractivity contribution is -0.122. The van der Waals surface area contributed by atoms with Crippen LogP contribution >= 0.6 is 0 Å². The first-order valence-corrected chi connectivity index (χ1v) is 7.00. The van der Waals surface area contributed by atoms with Crippen molar-refractivity contribution in [2.24, 2.45) is 5.92 Å². The number of anilines is 1. The number of amides is 1. The Hall–Kier alpha value is -2.29. The summed E-state index contributed by atoms with van der Waals surface area (Å²) in [4.78, 5) is 12.0. The Kier molecular flexibility index (Phi) is 3.68. The Morgan fingerprint density at radius 1 is 1.00 bits per heavy atom. The van der Waals surface area contributed by atoms with Crippen molar-refractivity contribution in [2.75, 3.05) is 5.01 Å². The first-order valence-electron chi connectivity index (χ1n) is 7.00. The van der Waals surface area contributed by atoms with E-state index in [1.807, 2.05) is 53.5 Å². The van der Waals surface area contributed by atoms with Crippen molar-refractivity contribution in [3.8, 4) is 0 Å². The summed E-state index contributed by atoms with van der Waals surface area (Å²) in [6.45, 7) is 0.670. The molecule has 102 valence electrons. The molecule has 0 atom stereocenters. The SMILES string of the molecule is O=C(NN(Cc1ccccc1)c1ccccc1)C1CC1. The van der Waals surface area contributed by atoms with Crippen molar-refractivity contribution < 1.29 is 4.79 Å². The van der Waals surface area contributed by atoms with Gasteiger partial charge in [0, 0.05) is 5.92 Å². The van der Waals surface area contributed by atoms with Crippen molar-refractivity contribution in [3.05, 3.63) is 66.2 Å². The fourth-order valence-electron chi connectivity index (χ4n) is 2.14. The minimum absolute atomic E-state index is 0.129. The van der Waals surface area contributed by atoms with E-state index in [1.54, 1.807) is 0 Å². The highest BCUT2D eigenvalue weighted by atomic mass is 16.2. The van der Waals surface area contributed by atoms with E-state index in [1.165, 1.54) is 5.56 Å². The zero-order chi connectivity index (χ0) is 13.8. The Balaban J connectivity index is 1.77. The van der Waals surface area contributed by atoms with E-state index in [2.05, 4.69) is 17.6 Å². The predicted octanol–water partition coefficient (Wildman–Crippen LogP) is 3.13. The van der Waals surface area contributed by atoms with Crippen LogP contribution in [0.15, 0.2) is 60.7 Å². The van der Waals surface area contributed by atoms with Gasteiger partial charge < -0.3 is 0 Å². The van der Waals surface area contributed by atoms with Gasteiger partial charge in [0.25, 0.3) is 0 Å². The van der Waals surface area contributed by atoms with E-state index in [9.17, 15) is 4.79 Å². The van der Waals surface area contributed by atoms with Gasteiger partial charge in [-0.1, -0.05) is 48.5 Å². The highest BCUT2D eigenvalue weighted by Crippen LogP contribution is 2.29. The molecule has 0 unspecified atom stereocenters. The normalized spacial score (nSPS) is 13.8. The Morgan fingerprint density at radius 3 is 2.20 bits per heavy atom. The highest BCUT2D eigenvalue weighted by Gasteiger charge is 2.30. The summed E-state index contributed by atoms with van der Waals surface area (Å²) in [5.41, 5.74) is 5.22. The zero-order valence-corrected chi connectivity index (χ0v) is 11.3. The predicted molar refractivity (Wildman–Crippen MR) is 79.9 cm³/mol. The summed E-state index contributed by atoms with van der Waals surface area (Å²) >= 11 is 0. The molecular formula is C17H18N2O. The van der Waals surface area contributed by atoms with Crippen molar-refractivity contribution >= 4 is 11.6 Å². The van der Waals surface area contributed by atoms with Crippen LogP contribution in [0.1, 0.15) is 18.4 Å². The molecule has 2 aromatic rings. The average Bonchev–Trinajstić information content (AvgIpc) is 3.33. The summed E-state index contributed by atoms with van der Waals surface area (Å²) in [7, 11) is 0. The number of carbonyl (C=O) groups excluding carboxylic acids is 1. The lowest BCUT2D eigenvalue weighted by Crippen LogP contribution is -2.42. The lowest BCUT2D eigenvalue weighted by Gasteiger charge is -2.25. The molecule has 0 saturated heterocycles. The molecule has 0 aliphatic heterocycles. The minimum Gasteiger partial charge on any atom is -0.281 e. The van der Waals surface area contributed by atoms with Gasteiger partial charge in [-0.25, -0.2) is 0 Å². The highest BCUT2D eigenvalue weighted by molar-refractivity contribution is 5.82. The number of carbonyl (C=O) groups is 1. The van der Waals surface area contributed by atoms with Gasteiger partial charge in [0.2, 0.25) is 5.91 Å². The largest absolute Gasteiger partial charge is 0.281 e. The molecule has 0 spiro atoms. The van der Waals surface area contributed by atoms with Crippen LogP contribution in [0.5, 0.6) is 0 Å². The monoisotopic (exact) mass is 266 g/mol. The molecule has 0 heterocycles. The van der Waals surface area contributed by atoms with Crippen molar-refractivity contribution in [1.82, 2.24) is 5.43 Å². The van der Waals surface area contributed by atoms with Crippen LogP contribution in [0, 0.1) is 5.92 Å². The van der Waals surface area contributed by atoms with Crippen LogP contribution in [-0.4, -0.2) is 5.91 Å². The number of nitrogens with zero attached hydrogens (tertiary/aromatic N) is 1. The molecule has 3 heteroatoms. The molecular weight excluding hydrogens is 248 g/mol. The smallest absolute Gasteiger partial charge is 0.241 e. The Bertz CT molecular complexity index is 564. The number of benzene rings is 2. The third kappa shape index (κ3) is 3.18. The third-order valence-corrected chi connectivity index (χ3v) is 3.44. The van der Waals surface area contributed by atoms with Crippen molar-refractivity contribution in [1.29, 1.82) is 0 Å². The van der Waals surface area contributed by atoms with Gasteiger partial charge in [0.15, 0.2) is 0 Å². The fourth-order valence-corrected chi connectivity index (χ4v) is 2.14. The molecule has 0 aromatic heterocycles. The molecule has 1 fully saturated rings. The van der Waals surface area contributed by atoms with Crippen LogP contribution in [0.2, 0.25) is 0 Å². The third-order valence-electron chi connectivity index (χ3n) is 3.44. The number of hydrogen-bond acceptors (Lipinski definition) is 2. The average molecular weight is 266 g/mol. The molecule has 3 nitrogen and oxygen atoms in total. The van der Waals surface area contributed by atoms with E-state index in [0.717, 1.165) is 18.5 Å². The molecule has 1 saturated carbocycles. The number of hydrogen-bond donors (Lipinski definition) is 1. The van der Waals surface area contributed by atoms with Crippen molar-refractivity contribution in [3.63, 3.8) is 0 Å². The Labute approximate surface area is 119 Å². The van der Waals surface area contributed by atoms with E-state index in [0.29, 0.717) is 6.54 Å². The maximum atomic E-state index is 12.0. The number of nitrogens with one attached hydrogen (secondary N) is 1. The second-order valence-electron chi connectivity index (χ2n) is 5.16. The number of hydrazine groups is 1. The van der Waals surface area contributed by atoms with Crippen LogP contribution in [0.3, 0.4) is 0 Å². The molecule has 3 rings (SSSR count). The van der Waals surface area contributed by atoms with Crippen LogP contribution in [0.25, 0.3) is 0 Å². The summed E-state index contributed by atoms with van der Waals surface area (Å²) < 4.78 is 0. The van der Waals surface area contributed by atoms with Gasteiger partial charge in [-0.05, 0) is 30.5 Å². The van der Waals surface area contributed by atoms with Gasteiger partial charge in [0.1, 0.15) is 0 Å². The molecule has 20 heavy (non-hydrogen) atoms. The van der Waals surface area contributed by atoms with E-state index < -0.39 is 0 Å². The standard InChI is InChI=1S/C17H18N2O/c20-17(15-11-12-15)18-19(16-9-5-2-6-10-16)13-14-7-3-1-4-8-14/h1-10,15H,11-13H2,(H,18,20). The molecule has 1 amide bonds. The summed E-state index contributed by atoms with van der Waals surface area (Å²) in [5, 5.41) is 1.93. The van der Waals surface area contributed by atoms with E-state index >= 15 is 0 Å². The van der Waals surface area contributed by atoms with Gasteiger partial charge in [0.05, 0.1) is 12.2 Å². The van der Waals surface area contributed by atoms with Gasteiger partial charge in [-0.3, -0.25) is 15.2 Å². The van der Waals surface area contributed by atoms with Crippen molar-refractivity contribution in [2.45, 2.75) is 19.4 Å². The van der Waals surface area contributed by atoms with E-state index in [-0.39, 0.29) is 11.8 Å². The zero-order valence-electron chi connectivity index (χ0n) is 11.3. The summed E-state index contributed by atoms with van der Waals surface area (Å²) in [5.74, 6) is 0.335. The topological polar surface area (TPSA) is 32.3 Å². The van der Waals surface area contributed by atoms with Crippen LogP contribution < -0.4 is 10.4 Å². The number of rotatable bonds is 5. The van der Waals surface area contributed by atoms with Crippen LogP contribution in [0.4, 0.5) is 5.69 Å². The van der Waals surface area contributed by atoms with E-state index in [4.69, 9.17) is 0 Å². The quantitative estimate of drug-likeness (QED) is 0.843. The molecule has 0 bridgehead atoms. The summed E-state index contributed by atoms with van der Waals surface area (Å²) in [6.07, 6.45) is 2.03. The minimum atomic E-state index is 0.129. The van der Waals surface area contributed by atoms with Gasteiger partial charge in [-0.15, -0.1) is 0 Å². The lowest BCUT2D eigenvalue weighted by atomic mass is 10.2. The summed E-state index contributed by atoms with van der Waals surface area (Å²) in [6, 6.07) is 20.1. The van der Waals surface area contributed by atoms with Gasteiger partial charge in [-0.2, -0.15) is 0 Å². The molecule has 1 N–H and O–H groups in total. The second kappa shape index (κ2) is 5.78. The molecule has 2 aromatic carbocycles. The Morgan fingerprint density at radius 2 is 1.60 bits per heavy atom. The maximum absolute atomic E-state index is 12.0. The van der Waals surface area contributed by atoms with Gasteiger partial charge >= 0.3 is 0 Å². The first kappa shape index (κ1) is 12.7. The first-order chi connectivity index (χ1) is 9.83. The molecule has 0 radical (unpaired) electrons. The number of para-hydroxylation sites is 1. The fraction of sp³-hybridized carbons (Fsp3) is 0.235. The molecule has 1 aliphatic rings. The second-order valence-corrected chi connectivity index (χ2v) is 5.16.